The number of piperidine rings is 1. The van der Waals surface area contributed by atoms with E-state index in [-0.39, 0.29) is 11.9 Å². The molecule has 3 rings (SSSR count). The van der Waals surface area contributed by atoms with Crippen molar-refractivity contribution in [3.63, 3.8) is 0 Å². The third-order valence-electron chi connectivity index (χ3n) is 5.20. The summed E-state index contributed by atoms with van der Waals surface area (Å²) in [6.07, 6.45) is 0.997. The van der Waals surface area contributed by atoms with Crippen molar-refractivity contribution >= 4 is 23.5 Å². The van der Waals surface area contributed by atoms with Crippen LogP contribution in [0.2, 0.25) is 5.02 Å². The van der Waals surface area contributed by atoms with E-state index in [0.29, 0.717) is 42.3 Å². The highest BCUT2D eigenvalue weighted by Gasteiger charge is 2.44. The fourth-order valence-electron chi connectivity index (χ4n) is 3.67. The van der Waals surface area contributed by atoms with Gasteiger partial charge >= 0.3 is 5.97 Å². The van der Waals surface area contributed by atoms with Gasteiger partial charge in [-0.25, -0.2) is 0 Å². The predicted molar refractivity (Wildman–Crippen MR) is 103 cm³/mol. The van der Waals surface area contributed by atoms with Crippen molar-refractivity contribution in [3.05, 3.63) is 64.7 Å². The Hall–Kier alpha value is -2.53. The molecule has 27 heavy (non-hydrogen) atoms. The first kappa shape index (κ1) is 19.2. The summed E-state index contributed by atoms with van der Waals surface area (Å²) in [6, 6.07) is 14.6. The first-order chi connectivity index (χ1) is 13.0. The van der Waals surface area contributed by atoms with Gasteiger partial charge in [0.1, 0.15) is 5.75 Å². The highest BCUT2D eigenvalue weighted by Crippen LogP contribution is 2.37. The summed E-state index contributed by atoms with van der Waals surface area (Å²) in [7, 11) is 2.93. The largest absolute Gasteiger partial charge is 0.496 e. The van der Waals surface area contributed by atoms with E-state index < -0.39 is 5.41 Å². The highest BCUT2D eigenvalue weighted by molar-refractivity contribution is 6.31. The molecular weight excluding hydrogens is 366 g/mol. The maximum atomic E-state index is 13.0. The van der Waals surface area contributed by atoms with Crippen LogP contribution in [0.1, 0.15) is 28.8 Å². The molecule has 6 heteroatoms. The van der Waals surface area contributed by atoms with Gasteiger partial charge in [0, 0.05) is 18.1 Å². The Morgan fingerprint density at radius 3 is 2.30 bits per heavy atom. The van der Waals surface area contributed by atoms with Crippen LogP contribution in [0.4, 0.5) is 0 Å². The second-order valence-electron chi connectivity index (χ2n) is 6.58. The van der Waals surface area contributed by atoms with Crippen molar-refractivity contribution in [2.24, 2.45) is 0 Å². The number of hydrogen-bond acceptors (Lipinski definition) is 4. The van der Waals surface area contributed by atoms with E-state index in [4.69, 9.17) is 21.1 Å². The molecule has 0 bridgehead atoms. The minimum atomic E-state index is -0.731. The van der Waals surface area contributed by atoms with Crippen LogP contribution < -0.4 is 4.74 Å². The molecule has 0 atom stereocenters. The molecule has 0 radical (unpaired) electrons. The smallest absolute Gasteiger partial charge is 0.316 e. The van der Waals surface area contributed by atoms with Crippen LogP contribution in [-0.2, 0) is 14.9 Å². The Morgan fingerprint density at radius 1 is 1.04 bits per heavy atom. The second-order valence-corrected chi connectivity index (χ2v) is 7.01. The Morgan fingerprint density at radius 2 is 1.70 bits per heavy atom. The average Bonchev–Trinajstić information content (AvgIpc) is 2.73. The van der Waals surface area contributed by atoms with Gasteiger partial charge < -0.3 is 14.4 Å². The number of methoxy groups -OCH3 is 2. The van der Waals surface area contributed by atoms with Gasteiger partial charge in [-0.2, -0.15) is 0 Å². The molecule has 0 N–H and O–H groups in total. The first-order valence-electron chi connectivity index (χ1n) is 8.78. The number of likely N-dealkylation sites (tertiary alicyclic amines) is 1. The average molecular weight is 388 g/mol. The molecule has 0 aliphatic carbocycles. The molecule has 1 aliphatic heterocycles. The molecule has 1 saturated heterocycles. The summed E-state index contributed by atoms with van der Waals surface area (Å²) in [5.74, 6) is 0.0688. The molecular formula is C21H22ClNO4. The van der Waals surface area contributed by atoms with Crippen molar-refractivity contribution in [1.29, 1.82) is 0 Å². The van der Waals surface area contributed by atoms with E-state index in [2.05, 4.69) is 0 Å². The topological polar surface area (TPSA) is 55.8 Å². The minimum Gasteiger partial charge on any atom is -0.496 e. The molecule has 2 aromatic rings. The molecule has 0 spiro atoms. The van der Waals surface area contributed by atoms with Crippen LogP contribution in [0.15, 0.2) is 48.5 Å². The number of rotatable bonds is 4. The molecule has 0 unspecified atom stereocenters. The number of nitrogens with zero attached hydrogens (tertiary/aromatic N) is 1. The lowest BCUT2D eigenvalue weighted by Gasteiger charge is -2.40. The van der Waals surface area contributed by atoms with Crippen molar-refractivity contribution in [3.8, 4) is 5.75 Å². The number of hydrogen-bond donors (Lipinski definition) is 0. The summed E-state index contributed by atoms with van der Waals surface area (Å²) in [5, 5.41) is 0.476. The van der Waals surface area contributed by atoms with E-state index in [1.807, 2.05) is 30.3 Å². The van der Waals surface area contributed by atoms with E-state index >= 15 is 0 Å². The predicted octanol–water partition coefficient (Wildman–Crippen LogP) is 3.70. The normalized spacial score (nSPS) is 15.9. The number of esters is 1. The molecule has 1 amide bonds. The van der Waals surface area contributed by atoms with Gasteiger partial charge in [-0.1, -0.05) is 41.9 Å². The Labute approximate surface area is 163 Å². The van der Waals surface area contributed by atoms with Gasteiger partial charge in [0.05, 0.1) is 25.2 Å². The molecule has 142 valence electrons. The van der Waals surface area contributed by atoms with Gasteiger partial charge in [-0.15, -0.1) is 0 Å². The van der Waals surface area contributed by atoms with Gasteiger partial charge in [-0.3, -0.25) is 9.59 Å². The summed E-state index contributed by atoms with van der Waals surface area (Å²) in [5.41, 5.74) is 0.616. The number of halogens is 1. The standard InChI is InChI=1S/C21H22ClNO4/c1-26-18-9-8-16(22)14-17(18)19(24)23-12-10-21(11-13-23,20(25)27-2)15-6-4-3-5-7-15/h3-9,14H,10-13H2,1-2H3. The van der Waals surface area contributed by atoms with Crippen molar-refractivity contribution in [1.82, 2.24) is 4.90 Å². The fraction of sp³-hybridized carbons (Fsp3) is 0.333. The van der Waals surface area contributed by atoms with Gasteiger partial charge in [0.2, 0.25) is 0 Å². The third-order valence-corrected chi connectivity index (χ3v) is 5.43. The highest BCUT2D eigenvalue weighted by atomic mass is 35.5. The number of carbonyl (C=O) groups excluding carboxylic acids is 2. The summed E-state index contributed by atoms with van der Waals surface area (Å²) >= 11 is 6.06. The zero-order valence-corrected chi connectivity index (χ0v) is 16.2. The number of amides is 1. The van der Waals surface area contributed by atoms with Crippen LogP contribution in [0.5, 0.6) is 5.75 Å². The van der Waals surface area contributed by atoms with Crippen LogP contribution in [0.3, 0.4) is 0 Å². The van der Waals surface area contributed by atoms with Crippen LogP contribution in [-0.4, -0.2) is 44.1 Å². The second kappa shape index (κ2) is 8.01. The Bertz CT molecular complexity index is 829. The number of benzene rings is 2. The van der Waals surface area contributed by atoms with E-state index in [1.165, 1.54) is 14.2 Å². The van der Waals surface area contributed by atoms with Gasteiger partial charge in [-0.05, 0) is 36.6 Å². The molecule has 0 saturated carbocycles. The maximum absolute atomic E-state index is 13.0. The van der Waals surface area contributed by atoms with Crippen molar-refractivity contribution in [2.45, 2.75) is 18.3 Å². The summed E-state index contributed by atoms with van der Waals surface area (Å²) < 4.78 is 10.4. The molecule has 1 fully saturated rings. The number of ether oxygens (including phenoxy) is 2. The zero-order valence-electron chi connectivity index (χ0n) is 15.4. The SMILES string of the molecule is COC(=O)C1(c2ccccc2)CCN(C(=O)c2cc(Cl)ccc2OC)CC1. The third kappa shape index (κ3) is 3.65. The van der Waals surface area contributed by atoms with Gasteiger partial charge in [0.25, 0.3) is 5.91 Å². The molecule has 1 aliphatic rings. The van der Waals surface area contributed by atoms with Crippen LogP contribution in [0, 0.1) is 0 Å². The van der Waals surface area contributed by atoms with Crippen molar-refractivity contribution in [2.75, 3.05) is 27.3 Å². The lowest BCUT2D eigenvalue weighted by molar-refractivity contribution is -0.149. The van der Waals surface area contributed by atoms with E-state index in [0.717, 1.165) is 5.56 Å². The first-order valence-corrected chi connectivity index (χ1v) is 9.16. The lowest BCUT2D eigenvalue weighted by atomic mass is 9.72. The van der Waals surface area contributed by atoms with Crippen molar-refractivity contribution < 1.29 is 19.1 Å². The Balaban J connectivity index is 1.84. The quantitative estimate of drug-likeness (QED) is 0.751. The van der Waals surface area contributed by atoms with E-state index in [9.17, 15) is 9.59 Å². The van der Waals surface area contributed by atoms with Gasteiger partial charge in [0.15, 0.2) is 0 Å². The fourth-order valence-corrected chi connectivity index (χ4v) is 3.84. The number of carbonyl (C=O) groups is 2. The summed E-state index contributed by atoms with van der Waals surface area (Å²) in [4.78, 5) is 27.3. The van der Waals surface area contributed by atoms with Crippen LogP contribution >= 0.6 is 11.6 Å². The molecule has 0 aromatic heterocycles. The lowest BCUT2D eigenvalue weighted by Crippen LogP contribution is -2.49. The zero-order chi connectivity index (χ0) is 19.4. The minimum absolute atomic E-state index is 0.152. The monoisotopic (exact) mass is 387 g/mol. The molecule has 2 aromatic carbocycles. The maximum Gasteiger partial charge on any atom is 0.316 e. The Kier molecular flexibility index (Phi) is 5.71. The molecule has 1 heterocycles. The van der Waals surface area contributed by atoms with E-state index in [1.54, 1.807) is 23.1 Å². The summed E-state index contributed by atoms with van der Waals surface area (Å²) in [6.45, 7) is 0.886. The van der Waals surface area contributed by atoms with Crippen LogP contribution in [0.25, 0.3) is 0 Å². The molecule has 5 nitrogen and oxygen atoms in total.